The number of aromatic nitrogens is 1. The van der Waals surface area contributed by atoms with Crippen LogP contribution in [0.15, 0.2) is 30.3 Å². The van der Waals surface area contributed by atoms with Crippen molar-refractivity contribution < 1.29 is 5.11 Å². The Kier molecular flexibility index (Phi) is 1.88. The minimum absolute atomic E-state index is 0.242. The van der Waals surface area contributed by atoms with Crippen molar-refractivity contribution in [1.82, 2.24) is 4.98 Å². The Labute approximate surface area is 83.4 Å². The van der Waals surface area contributed by atoms with Crippen molar-refractivity contribution in [3.8, 4) is 5.75 Å². The molecule has 0 amide bonds. The van der Waals surface area contributed by atoms with Crippen LogP contribution in [0.2, 0.25) is 0 Å². The van der Waals surface area contributed by atoms with Crippen LogP contribution in [0.25, 0.3) is 10.9 Å². The highest BCUT2D eigenvalue weighted by Gasteiger charge is 1.99. The van der Waals surface area contributed by atoms with E-state index in [9.17, 15) is 5.11 Å². The standard InChI is InChI=1S/C9H6INO/c10-8-5-4-6-2-1-3-7(12)9(6)11-8/h1-5,12H. The number of hydrogen-bond acceptors (Lipinski definition) is 2. The molecule has 0 spiro atoms. The Balaban J connectivity index is 2.88. The monoisotopic (exact) mass is 271 g/mol. The molecule has 0 aliphatic carbocycles. The number of rotatable bonds is 0. The van der Waals surface area contributed by atoms with E-state index in [-0.39, 0.29) is 5.75 Å². The third-order valence-corrected chi connectivity index (χ3v) is 2.27. The van der Waals surface area contributed by atoms with E-state index in [1.165, 1.54) is 0 Å². The van der Waals surface area contributed by atoms with Gasteiger partial charge in [0.1, 0.15) is 15.0 Å². The van der Waals surface area contributed by atoms with Gasteiger partial charge in [-0.15, -0.1) is 0 Å². The highest BCUT2D eigenvalue weighted by atomic mass is 127. The molecule has 0 saturated carbocycles. The fourth-order valence-corrected chi connectivity index (χ4v) is 1.53. The highest BCUT2D eigenvalue weighted by Crippen LogP contribution is 2.22. The minimum Gasteiger partial charge on any atom is -0.506 e. The van der Waals surface area contributed by atoms with E-state index in [0.29, 0.717) is 5.52 Å². The normalized spacial score (nSPS) is 10.4. The van der Waals surface area contributed by atoms with Gasteiger partial charge in [0.15, 0.2) is 0 Å². The van der Waals surface area contributed by atoms with Crippen molar-refractivity contribution in [2.75, 3.05) is 0 Å². The van der Waals surface area contributed by atoms with Crippen LogP contribution in [0.3, 0.4) is 0 Å². The van der Waals surface area contributed by atoms with Gasteiger partial charge in [-0.25, -0.2) is 4.98 Å². The first kappa shape index (κ1) is 7.79. The van der Waals surface area contributed by atoms with Gasteiger partial charge in [0, 0.05) is 5.39 Å². The minimum atomic E-state index is 0.242. The van der Waals surface area contributed by atoms with Crippen molar-refractivity contribution in [2.45, 2.75) is 0 Å². The van der Waals surface area contributed by atoms with Gasteiger partial charge in [-0.3, -0.25) is 0 Å². The number of phenols is 1. The zero-order valence-electron chi connectivity index (χ0n) is 6.16. The van der Waals surface area contributed by atoms with Crippen LogP contribution in [0.5, 0.6) is 5.75 Å². The fourth-order valence-electron chi connectivity index (χ4n) is 1.11. The van der Waals surface area contributed by atoms with Gasteiger partial charge in [0.25, 0.3) is 0 Å². The van der Waals surface area contributed by atoms with Gasteiger partial charge in [-0.05, 0) is 34.7 Å². The Morgan fingerprint density at radius 2 is 2.00 bits per heavy atom. The molecule has 1 heterocycles. The summed E-state index contributed by atoms with van der Waals surface area (Å²) in [7, 11) is 0. The Morgan fingerprint density at radius 3 is 2.83 bits per heavy atom. The van der Waals surface area contributed by atoms with Crippen molar-refractivity contribution in [3.05, 3.63) is 34.0 Å². The van der Waals surface area contributed by atoms with Gasteiger partial charge >= 0.3 is 0 Å². The maximum absolute atomic E-state index is 9.43. The highest BCUT2D eigenvalue weighted by molar-refractivity contribution is 14.1. The molecule has 2 nitrogen and oxygen atoms in total. The molecule has 1 N–H and O–H groups in total. The van der Waals surface area contributed by atoms with E-state index < -0.39 is 0 Å². The van der Waals surface area contributed by atoms with E-state index in [4.69, 9.17) is 0 Å². The average Bonchev–Trinajstić information content (AvgIpc) is 2.07. The molecule has 2 rings (SSSR count). The lowest BCUT2D eigenvalue weighted by Crippen LogP contribution is -1.82. The van der Waals surface area contributed by atoms with Gasteiger partial charge in [0.2, 0.25) is 0 Å². The number of aromatic hydroxyl groups is 1. The van der Waals surface area contributed by atoms with Crippen LogP contribution < -0.4 is 0 Å². The van der Waals surface area contributed by atoms with Crippen LogP contribution >= 0.6 is 22.6 Å². The topological polar surface area (TPSA) is 33.1 Å². The number of pyridine rings is 1. The van der Waals surface area contributed by atoms with E-state index in [0.717, 1.165) is 9.09 Å². The zero-order valence-corrected chi connectivity index (χ0v) is 8.32. The largest absolute Gasteiger partial charge is 0.506 e. The van der Waals surface area contributed by atoms with Crippen LogP contribution in [0.1, 0.15) is 0 Å². The second kappa shape index (κ2) is 2.90. The molecule has 1 aromatic heterocycles. The summed E-state index contributed by atoms with van der Waals surface area (Å²) in [5.74, 6) is 0.242. The molecule has 0 unspecified atom stereocenters. The molecule has 0 atom stereocenters. The zero-order chi connectivity index (χ0) is 8.55. The number of phenolic OH excluding ortho intramolecular Hbond substituents is 1. The first-order valence-electron chi connectivity index (χ1n) is 3.51. The summed E-state index contributed by atoms with van der Waals surface area (Å²) in [6.45, 7) is 0. The first-order valence-corrected chi connectivity index (χ1v) is 4.59. The van der Waals surface area contributed by atoms with E-state index in [1.807, 2.05) is 24.3 Å². The Hall–Kier alpha value is -0.840. The first-order chi connectivity index (χ1) is 5.77. The molecule has 2 aromatic rings. The number of halogens is 1. The molecule has 60 valence electrons. The maximum Gasteiger partial charge on any atom is 0.141 e. The second-order valence-electron chi connectivity index (χ2n) is 2.48. The van der Waals surface area contributed by atoms with Crippen LogP contribution in [0, 0.1) is 3.70 Å². The molecule has 12 heavy (non-hydrogen) atoms. The van der Waals surface area contributed by atoms with Crippen molar-refractivity contribution in [2.24, 2.45) is 0 Å². The Morgan fingerprint density at radius 1 is 1.17 bits per heavy atom. The quantitative estimate of drug-likeness (QED) is 0.590. The van der Waals surface area contributed by atoms with Gasteiger partial charge < -0.3 is 5.11 Å². The summed E-state index contributed by atoms with van der Waals surface area (Å²) in [6, 6.07) is 9.25. The third kappa shape index (κ3) is 1.24. The third-order valence-electron chi connectivity index (χ3n) is 1.66. The number of para-hydroxylation sites is 1. The Bertz CT molecular complexity index is 428. The molecule has 1 aromatic carbocycles. The lowest BCUT2D eigenvalue weighted by atomic mass is 10.2. The summed E-state index contributed by atoms with van der Waals surface area (Å²) in [5, 5.41) is 10.4. The van der Waals surface area contributed by atoms with Gasteiger partial charge in [-0.2, -0.15) is 0 Å². The van der Waals surface area contributed by atoms with Crippen LogP contribution in [0.4, 0.5) is 0 Å². The lowest BCUT2D eigenvalue weighted by Gasteiger charge is -1.98. The van der Waals surface area contributed by atoms with Gasteiger partial charge in [0.05, 0.1) is 0 Å². The molecule has 0 radical (unpaired) electrons. The molecule has 0 fully saturated rings. The fraction of sp³-hybridized carbons (Fsp3) is 0. The summed E-state index contributed by atoms with van der Waals surface area (Å²) in [4.78, 5) is 4.21. The lowest BCUT2D eigenvalue weighted by molar-refractivity contribution is 0.480. The van der Waals surface area contributed by atoms with Crippen LogP contribution in [-0.2, 0) is 0 Å². The molecular formula is C9H6INO. The summed E-state index contributed by atoms with van der Waals surface area (Å²) in [6.07, 6.45) is 0. The molecule has 0 saturated heterocycles. The van der Waals surface area contributed by atoms with Crippen molar-refractivity contribution >= 4 is 33.5 Å². The number of hydrogen-bond donors (Lipinski definition) is 1. The molecule has 0 aliphatic rings. The van der Waals surface area contributed by atoms with E-state index >= 15 is 0 Å². The molecule has 3 heteroatoms. The van der Waals surface area contributed by atoms with E-state index in [1.54, 1.807) is 6.07 Å². The SMILES string of the molecule is Oc1cccc2ccc(I)nc12. The molecule has 0 bridgehead atoms. The van der Waals surface area contributed by atoms with Gasteiger partial charge in [-0.1, -0.05) is 18.2 Å². The summed E-state index contributed by atoms with van der Waals surface area (Å²) >= 11 is 2.12. The van der Waals surface area contributed by atoms with E-state index in [2.05, 4.69) is 27.6 Å². The second-order valence-corrected chi connectivity index (χ2v) is 3.59. The number of nitrogens with zero attached hydrogens (tertiary/aromatic N) is 1. The van der Waals surface area contributed by atoms with Crippen molar-refractivity contribution in [3.63, 3.8) is 0 Å². The molecule has 0 aliphatic heterocycles. The maximum atomic E-state index is 9.43. The smallest absolute Gasteiger partial charge is 0.141 e. The summed E-state index contributed by atoms with van der Waals surface area (Å²) < 4.78 is 0.890. The predicted molar refractivity (Wildman–Crippen MR) is 56.1 cm³/mol. The van der Waals surface area contributed by atoms with Crippen molar-refractivity contribution in [1.29, 1.82) is 0 Å². The molecular weight excluding hydrogens is 265 g/mol. The summed E-state index contributed by atoms with van der Waals surface area (Å²) in [5.41, 5.74) is 0.671. The number of fused-ring (bicyclic) bond motifs is 1. The number of benzene rings is 1. The average molecular weight is 271 g/mol. The van der Waals surface area contributed by atoms with Crippen LogP contribution in [-0.4, -0.2) is 10.1 Å². The predicted octanol–water partition coefficient (Wildman–Crippen LogP) is 2.55.